The maximum atomic E-state index is 12.3. The number of carbonyl (C=O) groups is 1. The number of hydrogen-bond acceptors (Lipinski definition) is 6. The smallest absolute Gasteiger partial charge is 0.266 e. The SMILES string of the molecule is O=C(N/N=C\c1ccc(Sc2ccc(Cl)cc2)cc1)c1cc2cc([N+](=O)[O-])ccc2s1. The van der Waals surface area contributed by atoms with Crippen molar-refractivity contribution in [3.63, 3.8) is 0 Å². The molecule has 4 aromatic rings. The molecule has 0 bridgehead atoms. The normalized spacial score (nSPS) is 11.1. The van der Waals surface area contributed by atoms with Gasteiger partial charge in [0.2, 0.25) is 0 Å². The van der Waals surface area contributed by atoms with Crippen molar-refractivity contribution < 1.29 is 9.72 Å². The number of hydrazone groups is 1. The second-order valence-corrected chi connectivity index (χ2v) is 9.08. The molecule has 0 fully saturated rings. The van der Waals surface area contributed by atoms with E-state index in [0.717, 1.165) is 20.1 Å². The molecule has 4 rings (SSSR count). The van der Waals surface area contributed by atoms with Crippen molar-refractivity contribution in [2.24, 2.45) is 5.10 Å². The Balaban J connectivity index is 1.37. The highest BCUT2D eigenvalue weighted by Gasteiger charge is 2.12. The van der Waals surface area contributed by atoms with E-state index in [4.69, 9.17) is 11.6 Å². The first-order valence-corrected chi connectivity index (χ1v) is 11.0. The maximum Gasteiger partial charge on any atom is 0.281 e. The van der Waals surface area contributed by atoms with Gasteiger partial charge in [0, 0.05) is 37.0 Å². The third-order valence-electron chi connectivity index (χ3n) is 4.24. The molecule has 1 amide bonds. The topological polar surface area (TPSA) is 84.6 Å². The number of nitro groups is 1. The maximum absolute atomic E-state index is 12.3. The number of fused-ring (bicyclic) bond motifs is 1. The average Bonchev–Trinajstić information content (AvgIpc) is 3.20. The summed E-state index contributed by atoms with van der Waals surface area (Å²) in [5, 5.41) is 16.3. The van der Waals surface area contributed by atoms with Gasteiger partial charge in [0.15, 0.2) is 0 Å². The van der Waals surface area contributed by atoms with Gasteiger partial charge in [-0.15, -0.1) is 11.3 Å². The van der Waals surface area contributed by atoms with E-state index in [1.54, 1.807) is 30.1 Å². The van der Waals surface area contributed by atoms with Gasteiger partial charge in [-0.25, -0.2) is 5.43 Å². The number of nitro benzene ring substituents is 1. The van der Waals surface area contributed by atoms with Gasteiger partial charge in [0.05, 0.1) is 16.0 Å². The standard InChI is InChI=1S/C22H14ClN3O3S2/c23-16-3-8-19(9-4-16)30-18-6-1-14(2-7-18)13-24-25-22(27)21-12-15-11-17(26(28)29)5-10-20(15)31-21/h1-13H,(H,25,27)/b24-13-. The minimum absolute atomic E-state index is 0.00653. The van der Waals surface area contributed by atoms with Gasteiger partial charge in [0.25, 0.3) is 11.6 Å². The molecule has 9 heteroatoms. The number of rotatable bonds is 6. The van der Waals surface area contributed by atoms with E-state index in [9.17, 15) is 14.9 Å². The Morgan fingerprint density at radius 2 is 1.71 bits per heavy atom. The number of amides is 1. The predicted octanol–water partition coefficient (Wildman–Crippen LogP) is 6.38. The van der Waals surface area contributed by atoms with Crippen LogP contribution in [0.3, 0.4) is 0 Å². The summed E-state index contributed by atoms with van der Waals surface area (Å²) in [4.78, 5) is 25.4. The van der Waals surface area contributed by atoms with Crippen molar-refractivity contribution in [1.29, 1.82) is 0 Å². The number of halogens is 1. The summed E-state index contributed by atoms with van der Waals surface area (Å²) in [5.74, 6) is -0.366. The van der Waals surface area contributed by atoms with E-state index in [1.807, 2.05) is 48.5 Å². The van der Waals surface area contributed by atoms with Gasteiger partial charge in [-0.05, 0) is 54.1 Å². The average molecular weight is 468 g/mol. The summed E-state index contributed by atoms with van der Waals surface area (Å²) in [6.45, 7) is 0. The fraction of sp³-hybridized carbons (Fsp3) is 0. The molecule has 1 N–H and O–H groups in total. The number of carbonyl (C=O) groups excluding carboxylic acids is 1. The Bertz CT molecular complexity index is 1290. The van der Waals surface area contributed by atoms with Crippen LogP contribution in [0.15, 0.2) is 87.7 Å². The summed E-state index contributed by atoms with van der Waals surface area (Å²) in [5.41, 5.74) is 3.33. The van der Waals surface area contributed by atoms with Crippen molar-refractivity contribution >= 4 is 62.6 Å². The molecule has 6 nitrogen and oxygen atoms in total. The third kappa shape index (κ3) is 5.29. The van der Waals surface area contributed by atoms with Gasteiger partial charge in [-0.3, -0.25) is 14.9 Å². The van der Waals surface area contributed by atoms with Crippen LogP contribution >= 0.6 is 34.7 Å². The molecule has 1 heterocycles. The number of non-ortho nitro benzene ring substituents is 1. The van der Waals surface area contributed by atoms with E-state index in [1.165, 1.54) is 23.5 Å². The van der Waals surface area contributed by atoms with Crippen molar-refractivity contribution in [1.82, 2.24) is 5.43 Å². The molecule has 0 aliphatic rings. The molecule has 0 aliphatic heterocycles. The molecule has 31 heavy (non-hydrogen) atoms. The summed E-state index contributed by atoms with van der Waals surface area (Å²) in [7, 11) is 0. The van der Waals surface area contributed by atoms with Gasteiger partial charge >= 0.3 is 0 Å². The fourth-order valence-corrected chi connectivity index (χ4v) is 4.61. The van der Waals surface area contributed by atoms with Gasteiger partial charge in [0.1, 0.15) is 0 Å². The summed E-state index contributed by atoms with van der Waals surface area (Å²) >= 11 is 8.78. The zero-order valence-corrected chi connectivity index (χ0v) is 18.2. The molecule has 0 aliphatic carbocycles. The van der Waals surface area contributed by atoms with Crippen molar-refractivity contribution in [3.8, 4) is 0 Å². The van der Waals surface area contributed by atoms with E-state index >= 15 is 0 Å². The second kappa shape index (κ2) is 9.30. The van der Waals surface area contributed by atoms with Crippen LogP contribution in [0, 0.1) is 10.1 Å². The monoisotopic (exact) mass is 467 g/mol. The largest absolute Gasteiger partial charge is 0.281 e. The van der Waals surface area contributed by atoms with Crippen molar-refractivity contribution in [3.05, 3.63) is 98.4 Å². The Morgan fingerprint density at radius 1 is 1.03 bits per heavy atom. The molecule has 0 unspecified atom stereocenters. The minimum atomic E-state index is -0.458. The van der Waals surface area contributed by atoms with Crippen LogP contribution in [0.2, 0.25) is 5.02 Å². The predicted molar refractivity (Wildman–Crippen MR) is 126 cm³/mol. The number of thiophene rings is 1. The van der Waals surface area contributed by atoms with E-state index in [-0.39, 0.29) is 11.6 Å². The molecule has 0 saturated heterocycles. The highest BCUT2D eigenvalue weighted by molar-refractivity contribution is 7.99. The van der Waals surface area contributed by atoms with Crippen molar-refractivity contribution in [2.75, 3.05) is 0 Å². The van der Waals surface area contributed by atoms with Crippen LogP contribution in [-0.2, 0) is 0 Å². The highest BCUT2D eigenvalue weighted by atomic mass is 35.5. The third-order valence-corrected chi connectivity index (χ3v) is 6.63. The van der Waals surface area contributed by atoms with Gasteiger partial charge in [-0.2, -0.15) is 5.10 Å². The number of benzene rings is 3. The zero-order valence-electron chi connectivity index (χ0n) is 15.8. The number of nitrogens with one attached hydrogen (secondary N) is 1. The summed E-state index contributed by atoms with van der Waals surface area (Å²) < 4.78 is 0.800. The molecule has 0 radical (unpaired) electrons. The lowest BCUT2D eigenvalue weighted by molar-refractivity contribution is -0.384. The number of nitrogens with zero attached hydrogens (tertiary/aromatic N) is 2. The number of hydrogen-bond donors (Lipinski definition) is 1. The first kappa shape index (κ1) is 21.0. The molecule has 0 saturated carbocycles. The highest BCUT2D eigenvalue weighted by Crippen LogP contribution is 2.29. The molecule has 0 atom stereocenters. The second-order valence-electron chi connectivity index (χ2n) is 6.41. The van der Waals surface area contributed by atoms with Crippen LogP contribution in [0.1, 0.15) is 15.2 Å². The molecule has 0 spiro atoms. The quantitative estimate of drug-likeness (QED) is 0.202. The lowest BCUT2D eigenvalue weighted by atomic mass is 10.2. The van der Waals surface area contributed by atoms with Gasteiger partial charge in [-0.1, -0.05) is 35.5 Å². The fourth-order valence-electron chi connectivity index (χ4n) is 2.74. The Kier molecular flexibility index (Phi) is 6.31. The molecule has 1 aromatic heterocycles. The van der Waals surface area contributed by atoms with Crippen LogP contribution in [0.4, 0.5) is 5.69 Å². The summed E-state index contributed by atoms with van der Waals surface area (Å²) in [6, 6.07) is 21.5. The van der Waals surface area contributed by atoms with Crippen molar-refractivity contribution in [2.45, 2.75) is 9.79 Å². The first-order valence-electron chi connectivity index (χ1n) is 9.03. The van der Waals surface area contributed by atoms with Crippen LogP contribution in [0.25, 0.3) is 10.1 Å². The molecular weight excluding hydrogens is 454 g/mol. The van der Waals surface area contributed by atoms with Crippen LogP contribution in [0.5, 0.6) is 0 Å². The summed E-state index contributed by atoms with van der Waals surface area (Å²) in [6.07, 6.45) is 1.56. The lowest BCUT2D eigenvalue weighted by Crippen LogP contribution is -2.16. The Labute approximate surface area is 190 Å². The molecule has 3 aromatic carbocycles. The van der Waals surface area contributed by atoms with E-state index in [2.05, 4.69) is 10.5 Å². The van der Waals surface area contributed by atoms with E-state index in [0.29, 0.717) is 15.3 Å². The van der Waals surface area contributed by atoms with E-state index < -0.39 is 4.92 Å². The van der Waals surface area contributed by atoms with Crippen LogP contribution in [-0.4, -0.2) is 17.0 Å². The lowest BCUT2D eigenvalue weighted by Gasteiger charge is -2.02. The Hall–Kier alpha value is -3.20. The Morgan fingerprint density at radius 3 is 2.39 bits per heavy atom. The molecular formula is C22H14ClN3O3S2. The first-order chi connectivity index (χ1) is 15.0. The van der Waals surface area contributed by atoms with Gasteiger partial charge < -0.3 is 0 Å². The van der Waals surface area contributed by atoms with Crippen LogP contribution < -0.4 is 5.43 Å². The zero-order chi connectivity index (χ0) is 21.8. The minimum Gasteiger partial charge on any atom is -0.266 e. The molecule has 154 valence electrons.